The Bertz CT molecular complexity index is 465. The van der Waals surface area contributed by atoms with Gasteiger partial charge in [0.05, 0.1) is 0 Å². The molecule has 0 saturated carbocycles. The number of ether oxygens (including phenoxy) is 1. The van der Waals surface area contributed by atoms with E-state index in [1.165, 1.54) is 4.90 Å². The van der Waals surface area contributed by atoms with Gasteiger partial charge in [-0.1, -0.05) is 18.2 Å². The maximum absolute atomic E-state index is 11.9. The van der Waals surface area contributed by atoms with Gasteiger partial charge in [-0.05, 0) is 31.4 Å². The van der Waals surface area contributed by atoms with Gasteiger partial charge in [0.2, 0.25) is 0 Å². The van der Waals surface area contributed by atoms with Gasteiger partial charge in [0.25, 0.3) is 5.91 Å². The summed E-state index contributed by atoms with van der Waals surface area (Å²) in [5.74, 6) is -0.268. The molecule has 0 aliphatic carbocycles. The van der Waals surface area contributed by atoms with Crippen LogP contribution in [0.2, 0.25) is 0 Å². The van der Waals surface area contributed by atoms with Crippen LogP contribution in [0, 0.1) is 13.8 Å². The number of carboxylic acid groups (broad SMARTS) is 1. The summed E-state index contributed by atoms with van der Waals surface area (Å²) < 4.78 is 5.57. The second-order valence-electron chi connectivity index (χ2n) is 4.82. The zero-order chi connectivity index (χ0) is 15.1. The largest absolute Gasteiger partial charge is 0.483 e. The number of benzene rings is 1. The smallest absolute Gasteiger partial charge is 0.303 e. The van der Waals surface area contributed by atoms with Gasteiger partial charge in [-0.3, -0.25) is 9.59 Å². The fourth-order valence-electron chi connectivity index (χ4n) is 1.86. The Hall–Kier alpha value is -2.04. The number of aliphatic carboxylic acids is 1. The predicted molar refractivity (Wildman–Crippen MR) is 75.9 cm³/mol. The average Bonchev–Trinajstić information content (AvgIpc) is 2.37. The summed E-state index contributed by atoms with van der Waals surface area (Å²) in [6.45, 7) is 4.25. The molecule has 5 heteroatoms. The lowest BCUT2D eigenvalue weighted by Crippen LogP contribution is -2.32. The van der Waals surface area contributed by atoms with Gasteiger partial charge in [-0.15, -0.1) is 0 Å². The van der Waals surface area contributed by atoms with Crippen LogP contribution in [0.1, 0.15) is 24.0 Å². The summed E-state index contributed by atoms with van der Waals surface area (Å²) in [7, 11) is 1.65. The lowest BCUT2D eigenvalue weighted by molar-refractivity contribution is -0.138. The number of carbonyl (C=O) groups is 2. The van der Waals surface area contributed by atoms with E-state index >= 15 is 0 Å². The average molecular weight is 279 g/mol. The maximum atomic E-state index is 11.9. The summed E-state index contributed by atoms with van der Waals surface area (Å²) >= 11 is 0. The minimum atomic E-state index is -0.849. The number of aryl methyl sites for hydroxylation is 2. The quantitative estimate of drug-likeness (QED) is 0.829. The van der Waals surface area contributed by atoms with Gasteiger partial charge in [0, 0.05) is 20.0 Å². The number of likely N-dealkylation sites (N-methyl/N-ethyl adjacent to an activating group) is 1. The number of carbonyl (C=O) groups excluding carboxylic acids is 1. The van der Waals surface area contributed by atoms with E-state index in [0.717, 1.165) is 16.9 Å². The van der Waals surface area contributed by atoms with E-state index in [-0.39, 0.29) is 18.9 Å². The van der Waals surface area contributed by atoms with Crippen LogP contribution < -0.4 is 4.74 Å². The first-order valence-electron chi connectivity index (χ1n) is 6.56. The Morgan fingerprint density at radius 1 is 1.25 bits per heavy atom. The molecule has 5 nitrogen and oxygen atoms in total. The van der Waals surface area contributed by atoms with Crippen molar-refractivity contribution in [3.05, 3.63) is 29.3 Å². The van der Waals surface area contributed by atoms with Gasteiger partial charge >= 0.3 is 5.97 Å². The summed E-state index contributed by atoms with van der Waals surface area (Å²) in [5.41, 5.74) is 1.98. The van der Waals surface area contributed by atoms with Crippen molar-refractivity contribution in [2.75, 3.05) is 20.2 Å². The number of hydrogen-bond donors (Lipinski definition) is 1. The topological polar surface area (TPSA) is 66.8 Å². The molecule has 0 atom stereocenters. The molecule has 0 unspecified atom stereocenters. The molecule has 0 bridgehead atoms. The van der Waals surface area contributed by atoms with Crippen molar-refractivity contribution >= 4 is 11.9 Å². The zero-order valence-corrected chi connectivity index (χ0v) is 12.2. The van der Waals surface area contributed by atoms with Gasteiger partial charge in [0.15, 0.2) is 6.61 Å². The summed E-state index contributed by atoms with van der Waals surface area (Å²) in [5, 5.41) is 8.55. The van der Waals surface area contributed by atoms with Crippen LogP contribution in [0.25, 0.3) is 0 Å². The molecular formula is C15H21NO4. The first kappa shape index (κ1) is 16.0. The van der Waals surface area contributed by atoms with Crippen molar-refractivity contribution in [3.63, 3.8) is 0 Å². The third-order valence-electron chi connectivity index (χ3n) is 3.06. The lowest BCUT2D eigenvalue weighted by atomic mass is 10.1. The van der Waals surface area contributed by atoms with E-state index in [1.807, 2.05) is 32.0 Å². The van der Waals surface area contributed by atoms with Crippen LogP contribution in [0.5, 0.6) is 5.75 Å². The molecule has 1 aromatic carbocycles. The molecule has 1 amide bonds. The molecule has 0 heterocycles. The van der Waals surface area contributed by atoms with E-state index < -0.39 is 5.97 Å². The SMILES string of the molecule is Cc1cccc(C)c1OCC(=O)N(C)CCCC(=O)O. The van der Waals surface area contributed by atoms with Gasteiger partial charge in [-0.2, -0.15) is 0 Å². The zero-order valence-electron chi connectivity index (χ0n) is 12.2. The first-order valence-corrected chi connectivity index (χ1v) is 6.56. The Morgan fingerprint density at radius 3 is 2.40 bits per heavy atom. The van der Waals surface area contributed by atoms with E-state index in [4.69, 9.17) is 9.84 Å². The molecule has 0 saturated heterocycles. The van der Waals surface area contributed by atoms with Crippen molar-refractivity contribution in [2.45, 2.75) is 26.7 Å². The van der Waals surface area contributed by atoms with Crippen molar-refractivity contribution < 1.29 is 19.4 Å². The highest BCUT2D eigenvalue weighted by molar-refractivity contribution is 5.77. The Kier molecular flexibility index (Phi) is 6.03. The van der Waals surface area contributed by atoms with Crippen molar-refractivity contribution in [3.8, 4) is 5.75 Å². The van der Waals surface area contributed by atoms with E-state index in [0.29, 0.717) is 13.0 Å². The van der Waals surface area contributed by atoms with Crippen LogP contribution in [0.4, 0.5) is 0 Å². The molecular weight excluding hydrogens is 258 g/mol. The van der Waals surface area contributed by atoms with Crippen LogP contribution in [-0.2, 0) is 9.59 Å². The Labute approximate surface area is 119 Å². The maximum Gasteiger partial charge on any atom is 0.303 e. The van der Waals surface area contributed by atoms with Crippen molar-refractivity contribution in [1.29, 1.82) is 0 Å². The monoisotopic (exact) mass is 279 g/mol. The van der Waals surface area contributed by atoms with E-state index in [1.54, 1.807) is 7.05 Å². The fourth-order valence-corrected chi connectivity index (χ4v) is 1.86. The molecule has 0 aliphatic rings. The number of rotatable bonds is 7. The van der Waals surface area contributed by atoms with Gasteiger partial charge in [0.1, 0.15) is 5.75 Å². The second-order valence-corrected chi connectivity index (χ2v) is 4.82. The fraction of sp³-hybridized carbons (Fsp3) is 0.467. The van der Waals surface area contributed by atoms with Crippen LogP contribution in [0.15, 0.2) is 18.2 Å². The summed E-state index contributed by atoms with van der Waals surface area (Å²) in [6.07, 6.45) is 0.510. The third kappa shape index (κ3) is 4.91. The van der Waals surface area contributed by atoms with Crippen molar-refractivity contribution in [2.24, 2.45) is 0 Å². The molecule has 0 aromatic heterocycles. The molecule has 1 rings (SSSR count). The van der Waals surface area contributed by atoms with E-state index in [2.05, 4.69) is 0 Å². The molecule has 20 heavy (non-hydrogen) atoms. The first-order chi connectivity index (χ1) is 9.41. The number of amides is 1. The summed E-state index contributed by atoms with van der Waals surface area (Å²) in [4.78, 5) is 23.8. The molecule has 0 fully saturated rings. The van der Waals surface area contributed by atoms with Crippen LogP contribution >= 0.6 is 0 Å². The van der Waals surface area contributed by atoms with Gasteiger partial charge < -0.3 is 14.7 Å². The van der Waals surface area contributed by atoms with Crippen LogP contribution in [-0.4, -0.2) is 42.1 Å². The molecule has 1 aromatic rings. The predicted octanol–water partition coefficient (Wildman–Crippen LogP) is 2.01. The number of para-hydroxylation sites is 1. The summed E-state index contributed by atoms with van der Waals surface area (Å²) in [6, 6.07) is 5.81. The molecule has 110 valence electrons. The third-order valence-corrected chi connectivity index (χ3v) is 3.06. The Balaban J connectivity index is 2.44. The normalized spacial score (nSPS) is 10.2. The van der Waals surface area contributed by atoms with Crippen molar-refractivity contribution in [1.82, 2.24) is 4.90 Å². The highest BCUT2D eigenvalue weighted by Crippen LogP contribution is 2.22. The highest BCUT2D eigenvalue weighted by Gasteiger charge is 2.11. The number of carboxylic acids is 1. The van der Waals surface area contributed by atoms with Crippen LogP contribution in [0.3, 0.4) is 0 Å². The second kappa shape index (κ2) is 7.53. The van der Waals surface area contributed by atoms with E-state index in [9.17, 15) is 9.59 Å². The number of nitrogens with zero attached hydrogens (tertiary/aromatic N) is 1. The standard InChI is InChI=1S/C15H21NO4/c1-11-6-4-7-12(2)15(11)20-10-13(17)16(3)9-5-8-14(18)19/h4,6-7H,5,8-10H2,1-3H3,(H,18,19). The molecule has 0 aliphatic heterocycles. The van der Waals surface area contributed by atoms with Gasteiger partial charge in [-0.25, -0.2) is 0 Å². The molecule has 0 spiro atoms. The minimum Gasteiger partial charge on any atom is -0.483 e. The molecule has 1 N–H and O–H groups in total. The lowest BCUT2D eigenvalue weighted by Gasteiger charge is -2.18. The number of hydrogen-bond acceptors (Lipinski definition) is 3. The Morgan fingerprint density at radius 2 is 1.85 bits per heavy atom. The molecule has 0 radical (unpaired) electrons. The highest BCUT2D eigenvalue weighted by atomic mass is 16.5. The minimum absolute atomic E-state index is 0.0325.